The molecule has 17 heavy (non-hydrogen) atoms. The Morgan fingerprint density at radius 2 is 2.00 bits per heavy atom. The van der Waals surface area contributed by atoms with E-state index in [0.717, 1.165) is 31.7 Å². The maximum atomic E-state index is 5.62. The standard InChI is InChI=1S/C12H24N4O/c1-9(2)10(7-8-13)5-6-11-14-12(15-17-11)16(3)4/h9-10H,5-8,13H2,1-4H3. The van der Waals surface area contributed by atoms with E-state index in [2.05, 4.69) is 24.0 Å². The Kier molecular flexibility index (Phi) is 5.41. The van der Waals surface area contributed by atoms with Gasteiger partial charge in [0.25, 0.3) is 5.95 Å². The van der Waals surface area contributed by atoms with E-state index in [9.17, 15) is 0 Å². The minimum atomic E-state index is 0.634. The van der Waals surface area contributed by atoms with E-state index in [1.807, 2.05) is 19.0 Å². The van der Waals surface area contributed by atoms with Gasteiger partial charge >= 0.3 is 0 Å². The van der Waals surface area contributed by atoms with E-state index >= 15 is 0 Å². The largest absolute Gasteiger partial charge is 0.344 e. The Balaban J connectivity index is 2.47. The second kappa shape index (κ2) is 6.59. The quantitative estimate of drug-likeness (QED) is 0.785. The van der Waals surface area contributed by atoms with Crippen LogP contribution in [-0.2, 0) is 6.42 Å². The van der Waals surface area contributed by atoms with Gasteiger partial charge in [-0.05, 0) is 36.4 Å². The van der Waals surface area contributed by atoms with E-state index in [0.29, 0.717) is 17.8 Å². The first-order valence-corrected chi connectivity index (χ1v) is 6.24. The van der Waals surface area contributed by atoms with Crippen molar-refractivity contribution in [2.45, 2.75) is 33.1 Å². The molecule has 0 saturated heterocycles. The molecule has 1 aromatic heterocycles. The van der Waals surface area contributed by atoms with E-state index in [1.165, 1.54) is 0 Å². The summed E-state index contributed by atoms with van der Waals surface area (Å²) in [6.45, 7) is 5.22. The lowest BCUT2D eigenvalue weighted by molar-refractivity contribution is 0.313. The third kappa shape index (κ3) is 4.34. The molecule has 1 heterocycles. The summed E-state index contributed by atoms with van der Waals surface area (Å²) in [5.41, 5.74) is 5.62. The van der Waals surface area contributed by atoms with Crippen molar-refractivity contribution in [3.63, 3.8) is 0 Å². The molecule has 0 aliphatic heterocycles. The fourth-order valence-electron chi connectivity index (χ4n) is 1.86. The average molecular weight is 240 g/mol. The van der Waals surface area contributed by atoms with Crippen molar-refractivity contribution < 1.29 is 4.52 Å². The van der Waals surface area contributed by atoms with Crippen LogP contribution in [0.4, 0.5) is 5.95 Å². The van der Waals surface area contributed by atoms with Gasteiger partial charge in [-0.3, -0.25) is 0 Å². The number of aryl methyl sites for hydroxylation is 1. The first kappa shape index (κ1) is 14.0. The molecule has 0 saturated carbocycles. The predicted molar refractivity (Wildman–Crippen MR) is 68.9 cm³/mol. The van der Waals surface area contributed by atoms with Crippen LogP contribution in [0.25, 0.3) is 0 Å². The average Bonchev–Trinajstić information content (AvgIpc) is 2.72. The molecule has 1 unspecified atom stereocenters. The van der Waals surface area contributed by atoms with Crippen LogP contribution in [0, 0.1) is 11.8 Å². The monoisotopic (exact) mass is 240 g/mol. The van der Waals surface area contributed by atoms with Crippen LogP contribution in [0.3, 0.4) is 0 Å². The highest BCUT2D eigenvalue weighted by atomic mass is 16.5. The normalized spacial score (nSPS) is 13.1. The lowest BCUT2D eigenvalue weighted by atomic mass is 9.88. The van der Waals surface area contributed by atoms with Crippen molar-refractivity contribution in [3.05, 3.63) is 5.89 Å². The Morgan fingerprint density at radius 1 is 1.29 bits per heavy atom. The zero-order valence-corrected chi connectivity index (χ0v) is 11.3. The second-order valence-electron chi connectivity index (χ2n) is 5.00. The zero-order chi connectivity index (χ0) is 12.8. The molecule has 0 spiro atoms. The van der Waals surface area contributed by atoms with Crippen molar-refractivity contribution in [2.24, 2.45) is 17.6 Å². The van der Waals surface area contributed by atoms with Crippen LogP contribution in [0.1, 0.15) is 32.6 Å². The molecular weight excluding hydrogens is 216 g/mol. The van der Waals surface area contributed by atoms with Gasteiger partial charge in [-0.15, -0.1) is 0 Å². The molecule has 0 radical (unpaired) electrons. The number of rotatable bonds is 7. The van der Waals surface area contributed by atoms with Gasteiger partial charge in [0.2, 0.25) is 5.89 Å². The lowest BCUT2D eigenvalue weighted by Crippen LogP contribution is -2.15. The minimum absolute atomic E-state index is 0.634. The van der Waals surface area contributed by atoms with Gasteiger partial charge in [-0.1, -0.05) is 13.8 Å². The molecule has 5 heteroatoms. The number of hydrogen-bond donors (Lipinski definition) is 1. The third-order valence-electron chi connectivity index (χ3n) is 3.07. The van der Waals surface area contributed by atoms with Gasteiger partial charge in [0, 0.05) is 20.5 Å². The van der Waals surface area contributed by atoms with E-state index in [4.69, 9.17) is 10.3 Å². The maximum Gasteiger partial charge on any atom is 0.265 e. The summed E-state index contributed by atoms with van der Waals surface area (Å²) in [7, 11) is 3.81. The van der Waals surface area contributed by atoms with Crippen LogP contribution in [0.15, 0.2) is 4.52 Å². The van der Waals surface area contributed by atoms with Crippen LogP contribution in [0.2, 0.25) is 0 Å². The summed E-state index contributed by atoms with van der Waals surface area (Å²) >= 11 is 0. The molecular formula is C12H24N4O. The summed E-state index contributed by atoms with van der Waals surface area (Å²) in [6.07, 6.45) is 2.96. The summed E-state index contributed by atoms with van der Waals surface area (Å²) in [5.74, 6) is 2.64. The van der Waals surface area contributed by atoms with Gasteiger partial charge in [0.05, 0.1) is 0 Å². The summed E-state index contributed by atoms with van der Waals surface area (Å²) in [6, 6.07) is 0. The van der Waals surface area contributed by atoms with Crippen molar-refractivity contribution in [2.75, 3.05) is 25.5 Å². The number of anilines is 1. The molecule has 0 aromatic carbocycles. The fraction of sp³-hybridized carbons (Fsp3) is 0.833. The first-order valence-electron chi connectivity index (χ1n) is 6.24. The summed E-state index contributed by atoms with van der Waals surface area (Å²) < 4.78 is 5.20. The highest BCUT2D eigenvalue weighted by molar-refractivity contribution is 5.23. The van der Waals surface area contributed by atoms with E-state index in [1.54, 1.807) is 0 Å². The molecule has 1 atom stereocenters. The van der Waals surface area contributed by atoms with Gasteiger partial charge in [0.15, 0.2) is 0 Å². The molecule has 0 bridgehead atoms. The van der Waals surface area contributed by atoms with Gasteiger partial charge < -0.3 is 15.2 Å². The Hall–Kier alpha value is -1.10. The molecule has 1 aromatic rings. The van der Waals surface area contributed by atoms with Crippen LogP contribution in [-0.4, -0.2) is 30.8 Å². The highest BCUT2D eigenvalue weighted by Crippen LogP contribution is 2.21. The van der Waals surface area contributed by atoms with Crippen molar-refractivity contribution >= 4 is 5.95 Å². The van der Waals surface area contributed by atoms with Gasteiger partial charge in [0.1, 0.15) is 0 Å². The van der Waals surface area contributed by atoms with E-state index in [-0.39, 0.29) is 0 Å². The molecule has 5 nitrogen and oxygen atoms in total. The number of aromatic nitrogens is 2. The van der Waals surface area contributed by atoms with Gasteiger partial charge in [-0.25, -0.2) is 0 Å². The molecule has 2 N–H and O–H groups in total. The summed E-state index contributed by atoms with van der Waals surface area (Å²) in [5, 5.41) is 3.90. The van der Waals surface area contributed by atoms with Crippen molar-refractivity contribution in [1.29, 1.82) is 0 Å². The molecule has 0 fully saturated rings. The Labute approximate surface area is 103 Å². The second-order valence-corrected chi connectivity index (χ2v) is 5.00. The molecule has 98 valence electrons. The number of nitrogens with two attached hydrogens (primary N) is 1. The Bertz CT molecular complexity index is 322. The Morgan fingerprint density at radius 3 is 2.47 bits per heavy atom. The van der Waals surface area contributed by atoms with Crippen molar-refractivity contribution in [3.8, 4) is 0 Å². The smallest absolute Gasteiger partial charge is 0.265 e. The topological polar surface area (TPSA) is 68.2 Å². The number of hydrogen-bond acceptors (Lipinski definition) is 5. The molecule has 0 aliphatic carbocycles. The lowest BCUT2D eigenvalue weighted by Gasteiger charge is -2.18. The van der Waals surface area contributed by atoms with E-state index < -0.39 is 0 Å². The molecule has 1 rings (SSSR count). The molecule has 0 aliphatic rings. The number of nitrogens with zero attached hydrogens (tertiary/aromatic N) is 3. The van der Waals surface area contributed by atoms with Crippen LogP contribution < -0.4 is 10.6 Å². The zero-order valence-electron chi connectivity index (χ0n) is 11.3. The first-order chi connectivity index (χ1) is 8.04. The predicted octanol–water partition coefficient (Wildman–Crippen LogP) is 1.69. The third-order valence-corrected chi connectivity index (χ3v) is 3.07. The SMILES string of the molecule is CC(C)C(CCN)CCc1nc(N(C)C)no1. The van der Waals surface area contributed by atoms with Crippen LogP contribution >= 0.6 is 0 Å². The summed E-state index contributed by atoms with van der Waals surface area (Å²) in [4.78, 5) is 6.16. The van der Waals surface area contributed by atoms with Gasteiger partial charge in [-0.2, -0.15) is 4.98 Å². The van der Waals surface area contributed by atoms with Crippen LogP contribution in [0.5, 0.6) is 0 Å². The maximum absolute atomic E-state index is 5.62. The minimum Gasteiger partial charge on any atom is -0.344 e. The highest BCUT2D eigenvalue weighted by Gasteiger charge is 2.15. The van der Waals surface area contributed by atoms with Crippen molar-refractivity contribution in [1.82, 2.24) is 10.1 Å². The fourth-order valence-corrected chi connectivity index (χ4v) is 1.86. The molecule has 0 amide bonds.